The van der Waals surface area contributed by atoms with Crippen molar-refractivity contribution in [2.24, 2.45) is 0 Å². The summed E-state index contributed by atoms with van der Waals surface area (Å²) in [5, 5.41) is 27.5. The van der Waals surface area contributed by atoms with Crippen molar-refractivity contribution in [1.29, 1.82) is 0 Å². The van der Waals surface area contributed by atoms with Crippen molar-refractivity contribution in [2.75, 3.05) is 30.4 Å². The molecule has 0 saturated heterocycles. The molecule has 1 aliphatic heterocycles. The SMILES string of the molecule is CCCCNc1ccc2c(c1)N(CC(O)CCc1nnn(-c3ccc(OC)cc3)n1)c1ccccc1S2. The van der Waals surface area contributed by atoms with Crippen LogP contribution in [-0.4, -0.2) is 51.6 Å². The molecule has 2 heterocycles. The van der Waals surface area contributed by atoms with E-state index in [1.807, 2.05) is 24.3 Å². The largest absolute Gasteiger partial charge is 0.497 e. The number of aliphatic hydroxyl groups excluding tert-OH is 1. The first kappa shape index (κ1) is 25.1. The average Bonchev–Trinajstić information content (AvgIpc) is 3.41. The van der Waals surface area contributed by atoms with Gasteiger partial charge in [0.1, 0.15) is 5.75 Å². The molecule has 1 atom stereocenters. The number of anilines is 3. The summed E-state index contributed by atoms with van der Waals surface area (Å²) in [6.07, 6.45) is 2.79. The Bertz CT molecular complexity index is 1330. The topological polar surface area (TPSA) is 88.3 Å². The summed E-state index contributed by atoms with van der Waals surface area (Å²) in [6, 6.07) is 22.4. The maximum absolute atomic E-state index is 11.1. The first-order valence-corrected chi connectivity index (χ1v) is 13.5. The molecule has 192 valence electrons. The van der Waals surface area contributed by atoms with Gasteiger partial charge in [-0.05, 0) is 72.7 Å². The van der Waals surface area contributed by atoms with Crippen LogP contribution in [0.5, 0.6) is 5.75 Å². The lowest BCUT2D eigenvalue weighted by atomic mass is 10.1. The zero-order chi connectivity index (χ0) is 25.6. The molecular formula is C28H32N6O2S. The van der Waals surface area contributed by atoms with Crippen molar-refractivity contribution in [3.05, 3.63) is 72.6 Å². The number of nitrogens with zero attached hydrogens (tertiary/aromatic N) is 5. The van der Waals surface area contributed by atoms with E-state index in [4.69, 9.17) is 4.74 Å². The van der Waals surface area contributed by atoms with Gasteiger partial charge in [-0.1, -0.05) is 37.2 Å². The summed E-state index contributed by atoms with van der Waals surface area (Å²) in [5.74, 6) is 1.38. The Morgan fingerprint density at radius 2 is 1.84 bits per heavy atom. The number of hydrogen-bond donors (Lipinski definition) is 2. The van der Waals surface area contributed by atoms with Crippen molar-refractivity contribution >= 4 is 28.8 Å². The average molecular weight is 517 g/mol. The van der Waals surface area contributed by atoms with Gasteiger partial charge in [-0.15, -0.1) is 15.0 Å². The van der Waals surface area contributed by atoms with Gasteiger partial charge in [-0.3, -0.25) is 0 Å². The number of rotatable bonds is 11. The van der Waals surface area contributed by atoms with E-state index in [1.54, 1.807) is 18.9 Å². The van der Waals surface area contributed by atoms with Gasteiger partial charge in [0.15, 0.2) is 5.82 Å². The fourth-order valence-corrected chi connectivity index (χ4v) is 5.39. The molecule has 8 nitrogen and oxygen atoms in total. The fraction of sp³-hybridized carbons (Fsp3) is 0.321. The third-order valence-electron chi connectivity index (χ3n) is 6.34. The van der Waals surface area contributed by atoms with E-state index in [2.05, 4.69) is 75.0 Å². The highest BCUT2D eigenvalue weighted by Crippen LogP contribution is 2.48. The maximum Gasteiger partial charge on any atom is 0.175 e. The van der Waals surface area contributed by atoms with E-state index in [-0.39, 0.29) is 0 Å². The molecule has 1 unspecified atom stereocenters. The number of hydrogen-bond acceptors (Lipinski definition) is 8. The van der Waals surface area contributed by atoms with Gasteiger partial charge in [0, 0.05) is 35.0 Å². The van der Waals surface area contributed by atoms with Gasteiger partial charge in [0.2, 0.25) is 0 Å². The minimum atomic E-state index is -0.561. The summed E-state index contributed by atoms with van der Waals surface area (Å²) in [7, 11) is 1.63. The van der Waals surface area contributed by atoms with E-state index < -0.39 is 6.10 Å². The Kier molecular flexibility index (Phi) is 7.91. The lowest BCUT2D eigenvalue weighted by molar-refractivity contribution is 0.172. The lowest BCUT2D eigenvalue weighted by Gasteiger charge is -2.34. The van der Waals surface area contributed by atoms with Gasteiger partial charge in [-0.2, -0.15) is 0 Å². The zero-order valence-electron chi connectivity index (χ0n) is 21.2. The highest BCUT2D eigenvalue weighted by atomic mass is 32.2. The molecule has 0 saturated carbocycles. The first-order chi connectivity index (χ1) is 18.1. The van der Waals surface area contributed by atoms with Gasteiger partial charge in [0.05, 0.1) is 30.3 Å². The highest BCUT2D eigenvalue weighted by molar-refractivity contribution is 7.99. The van der Waals surface area contributed by atoms with E-state index in [1.165, 1.54) is 14.6 Å². The molecule has 0 aliphatic carbocycles. The number of aryl methyl sites for hydroxylation is 1. The summed E-state index contributed by atoms with van der Waals surface area (Å²) in [4.78, 5) is 6.12. The second kappa shape index (κ2) is 11.7. The molecule has 0 amide bonds. The zero-order valence-corrected chi connectivity index (χ0v) is 22.0. The first-order valence-electron chi connectivity index (χ1n) is 12.7. The number of nitrogens with one attached hydrogen (secondary N) is 1. The summed E-state index contributed by atoms with van der Waals surface area (Å²) in [5.41, 5.74) is 4.15. The lowest BCUT2D eigenvalue weighted by Crippen LogP contribution is -2.31. The Morgan fingerprint density at radius 3 is 2.65 bits per heavy atom. The van der Waals surface area contributed by atoms with Gasteiger partial charge in [0.25, 0.3) is 0 Å². The maximum atomic E-state index is 11.1. The molecule has 2 N–H and O–H groups in total. The third kappa shape index (κ3) is 5.89. The van der Waals surface area contributed by atoms with Crippen LogP contribution in [0.1, 0.15) is 32.0 Å². The molecular weight excluding hydrogens is 484 g/mol. The minimum absolute atomic E-state index is 0.482. The summed E-state index contributed by atoms with van der Waals surface area (Å²) in [6.45, 7) is 3.63. The normalized spacial score (nSPS) is 13.1. The Labute approximate surface area is 221 Å². The Morgan fingerprint density at radius 1 is 1.03 bits per heavy atom. The predicted octanol–water partition coefficient (Wildman–Crippen LogP) is 5.48. The molecule has 0 spiro atoms. The van der Waals surface area contributed by atoms with Crippen molar-refractivity contribution in [3.63, 3.8) is 0 Å². The van der Waals surface area contributed by atoms with E-state index in [0.29, 0.717) is 25.2 Å². The molecule has 0 fully saturated rings. The van der Waals surface area contributed by atoms with Crippen LogP contribution in [0.15, 0.2) is 76.5 Å². The number of para-hydroxylation sites is 1. The van der Waals surface area contributed by atoms with Crippen molar-refractivity contribution in [1.82, 2.24) is 20.2 Å². The van der Waals surface area contributed by atoms with Crippen LogP contribution >= 0.6 is 11.8 Å². The number of fused-ring (bicyclic) bond motifs is 2. The summed E-state index contributed by atoms with van der Waals surface area (Å²) >= 11 is 1.77. The van der Waals surface area contributed by atoms with Crippen LogP contribution in [0.2, 0.25) is 0 Å². The molecule has 3 aromatic carbocycles. The van der Waals surface area contributed by atoms with Gasteiger partial charge in [-0.25, -0.2) is 0 Å². The number of benzene rings is 3. The van der Waals surface area contributed by atoms with Crippen LogP contribution in [0.4, 0.5) is 17.1 Å². The molecule has 1 aliphatic rings. The van der Waals surface area contributed by atoms with E-state index in [9.17, 15) is 5.11 Å². The third-order valence-corrected chi connectivity index (χ3v) is 7.47. The second-order valence-electron chi connectivity index (χ2n) is 9.03. The molecule has 9 heteroatoms. The minimum Gasteiger partial charge on any atom is -0.497 e. The number of unbranched alkanes of at least 4 members (excludes halogenated alkanes) is 1. The highest BCUT2D eigenvalue weighted by Gasteiger charge is 2.25. The molecule has 37 heavy (non-hydrogen) atoms. The van der Waals surface area contributed by atoms with Crippen LogP contribution < -0.4 is 15.0 Å². The Balaban J connectivity index is 1.28. The number of aromatic nitrogens is 4. The number of ether oxygens (including phenoxy) is 1. The van der Waals surface area contributed by atoms with Crippen LogP contribution in [0.3, 0.4) is 0 Å². The molecule has 5 rings (SSSR count). The molecule has 4 aromatic rings. The Hall–Kier alpha value is -3.56. The van der Waals surface area contributed by atoms with E-state index >= 15 is 0 Å². The van der Waals surface area contributed by atoms with Crippen LogP contribution in [0.25, 0.3) is 5.69 Å². The number of β-amino-alcohol motifs (C(OH)–C–C–N with tert-alkyl or cyclic N) is 1. The molecule has 0 bridgehead atoms. The van der Waals surface area contributed by atoms with Crippen molar-refractivity contribution < 1.29 is 9.84 Å². The molecule has 1 aromatic heterocycles. The van der Waals surface area contributed by atoms with Crippen molar-refractivity contribution in [2.45, 2.75) is 48.5 Å². The number of tetrazole rings is 1. The van der Waals surface area contributed by atoms with Crippen LogP contribution in [-0.2, 0) is 6.42 Å². The quantitative estimate of drug-likeness (QED) is 0.254. The predicted molar refractivity (Wildman–Crippen MR) is 147 cm³/mol. The number of aliphatic hydroxyl groups is 1. The van der Waals surface area contributed by atoms with Crippen molar-refractivity contribution in [3.8, 4) is 11.4 Å². The monoisotopic (exact) mass is 516 g/mol. The number of methoxy groups -OCH3 is 1. The van der Waals surface area contributed by atoms with Gasteiger partial charge < -0.3 is 20.1 Å². The smallest absolute Gasteiger partial charge is 0.175 e. The molecule has 0 radical (unpaired) electrons. The second-order valence-corrected chi connectivity index (χ2v) is 10.1. The summed E-state index contributed by atoms with van der Waals surface area (Å²) < 4.78 is 5.21. The van der Waals surface area contributed by atoms with Gasteiger partial charge >= 0.3 is 0 Å². The standard InChI is InChI=1S/C28H32N6O2S/c1-3-4-17-29-20-9-15-27-25(18-20)33(24-7-5-6-8-26(24)37-27)19-22(35)12-16-28-30-32-34(31-28)21-10-13-23(36-2)14-11-21/h5-11,13-15,18,22,29,35H,3-4,12,16-17,19H2,1-2H3. The van der Waals surface area contributed by atoms with E-state index in [0.717, 1.165) is 47.9 Å². The van der Waals surface area contributed by atoms with Crippen LogP contribution in [0, 0.1) is 0 Å². The fourth-order valence-electron chi connectivity index (χ4n) is 4.31.